The second-order valence-electron chi connectivity index (χ2n) is 6.20. The van der Waals surface area contributed by atoms with Crippen LogP contribution in [0, 0.1) is 10.1 Å². The highest BCUT2D eigenvalue weighted by atomic mass is 32.1. The number of hydrogen-bond acceptors (Lipinski definition) is 7. The van der Waals surface area contributed by atoms with Crippen molar-refractivity contribution in [3.8, 4) is 22.2 Å². The molecule has 1 aromatic carbocycles. The number of benzene rings is 1. The molecular formula is C18H15F2N3O5S. The molecule has 3 aromatic rings. The summed E-state index contributed by atoms with van der Waals surface area (Å²) in [4.78, 5) is 16.0. The van der Waals surface area contributed by atoms with Crippen LogP contribution in [-0.2, 0) is 17.9 Å². The molecule has 0 unspecified atom stereocenters. The average molecular weight is 423 g/mol. The summed E-state index contributed by atoms with van der Waals surface area (Å²) < 4.78 is 41.7. The van der Waals surface area contributed by atoms with Crippen LogP contribution in [0.5, 0.6) is 11.8 Å². The van der Waals surface area contributed by atoms with Crippen molar-refractivity contribution in [1.82, 2.24) is 9.55 Å². The van der Waals surface area contributed by atoms with Crippen LogP contribution < -0.4 is 9.47 Å². The van der Waals surface area contributed by atoms with Crippen LogP contribution >= 0.6 is 11.3 Å². The van der Waals surface area contributed by atoms with Gasteiger partial charge in [0.2, 0.25) is 0 Å². The van der Waals surface area contributed by atoms with Crippen molar-refractivity contribution in [3.05, 3.63) is 57.6 Å². The molecule has 3 heterocycles. The lowest BCUT2D eigenvalue weighted by molar-refractivity contribution is -0.389. The van der Waals surface area contributed by atoms with E-state index in [-0.39, 0.29) is 30.3 Å². The molecule has 1 aliphatic rings. The van der Waals surface area contributed by atoms with E-state index in [2.05, 4.69) is 9.72 Å². The summed E-state index contributed by atoms with van der Waals surface area (Å²) in [6, 6.07) is 10.5. The quantitative estimate of drug-likeness (QED) is 0.420. The van der Waals surface area contributed by atoms with E-state index in [1.807, 2.05) is 12.1 Å². The van der Waals surface area contributed by atoms with Gasteiger partial charge in [0.05, 0.1) is 13.2 Å². The molecule has 4 rings (SSSR count). The van der Waals surface area contributed by atoms with Crippen LogP contribution in [0.1, 0.15) is 4.88 Å². The van der Waals surface area contributed by atoms with Gasteiger partial charge in [-0.1, -0.05) is 0 Å². The van der Waals surface area contributed by atoms with Gasteiger partial charge in [0.1, 0.15) is 24.7 Å². The van der Waals surface area contributed by atoms with E-state index >= 15 is 0 Å². The summed E-state index contributed by atoms with van der Waals surface area (Å²) >= 11 is 1.52. The molecule has 152 valence electrons. The highest BCUT2D eigenvalue weighted by Gasteiger charge is 2.28. The van der Waals surface area contributed by atoms with Crippen molar-refractivity contribution in [1.29, 1.82) is 0 Å². The standard InChI is InChI=1S/C18H15F2N3O5S/c19-17(20)28-12-3-1-11(2-4-12)15-6-5-14(29-15)10-26-13-7-22-8-16(23(24)25)21-18(22)27-9-13/h1-6,8,13,17H,7,9-10H2/t13-/m0/s1. The maximum atomic E-state index is 12.2. The third kappa shape index (κ3) is 4.51. The van der Waals surface area contributed by atoms with Gasteiger partial charge in [0, 0.05) is 14.7 Å². The molecule has 8 nitrogen and oxygen atoms in total. The molecule has 11 heteroatoms. The molecule has 0 bridgehead atoms. The number of imidazole rings is 1. The summed E-state index contributed by atoms with van der Waals surface area (Å²) in [5, 5.41) is 10.8. The van der Waals surface area contributed by atoms with Crippen LogP contribution in [0.3, 0.4) is 0 Å². The first-order valence-corrected chi connectivity index (χ1v) is 9.39. The minimum Gasteiger partial charge on any atom is -0.443 e. The number of hydrogen-bond donors (Lipinski definition) is 0. The number of ether oxygens (including phenoxy) is 3. The number of alkyl halides is 2. The van der Waals surface area contributed by atoms with E-state index in [0.717, 1.165) is 15.3 Å². The van der Waals surface area contributed by atoms with E-state index in [4.69, 9.17) is 9.47 Å². The third-order valence-electron chi connectivity index (χ3n) is 4.20. The largest absolute Gasteiger partial charge is 0.443 e. The molecule has 0 amide bonds. The Morgan fingerprint density at radius 2 is 2.10 bits per heavy atom. The number of nitro groups is 1. The van der Waals surface area contributed by atoms with Crippen LogP contribution in [-0.4, -0.2) is 33.8 Å². The van der Waals surface area contributed by atoms with E-state index < -0.39 is 11.5 Å². The Kier molecular flexibility index (Phi) is 5.41. The number of halogens is 2. The number of fused-ring (bicyclic) bond motifs is 1. The lowest BCUT2D eigenvalue weighted by Gasteiger charge is -2.22. The molecule has 2 aromatic heterocycles. The molecule has 0 saturated heterocycles. The molecule has 0 aliphatic carbocycles. The van der Waals surface area contributed by atoms with Crippen molar-refractivity contribution >= 4 is 17.2 Å². The fourth-order valence-electron chi connectivity index (χ4n) is 2.87. The first kappa shape index (κ1) is 19.3. The van der Waals surface area contributed by atoms with Gasteiger partial charge < -0.3 is 24.3 Å². The summed E-state index contributed by atoms with van der Waals surface area (Å²) in [5.41, 5.74) is 0.888. The Balaban J connectivity index is 1.34. The van der Waals surface area contributed by atoms with Crippen molar-refractivity contribution in [3.63, 3.8) is 0 Å². The fourth-order valence-corrected chi connectivity index (χ4v) is 3.81. The minimum absolute atomic E-state index is 0.111. The first-order valence-electron chi connectivity index (χ1n) is 8.58. The summed E-state index contributed by atoms with van der Waals surface area (Å²) in [5.74, 6) is -0.145. The minimum atomic E-state index is -2.85. The van der Waals surface area contributed by atoms with Gasteiger partial charge in [0.25, 0.3) is 0 Å². The van der Waals surface area contributed by atoms with Crippen LogP contribution in [0.15, 0.2) is 42.6 Å². The predicted octanol–water partition coefficient (Wildman–Crippen LogP) is 4.10. The summed E-state index contributed by atoms with van der Waals surface area (Å²) in [7, 11) is 0. The SMILES string of the molecule is O=[N+]([O-])c1cn2c(n1)OC[C@@H](OCc1ccc(-c3ccc(OC(F)F)cc3)s1)C2. The molecule has 0 N–H and O–H groups in total. The molecule has 0 spiro atoms. The molecular weight excluding hydrogens is 408 g/mol. The topological polar surface area (TPSA) is 88.7 Å². The van der Waals surface area contributed by atoms with Crippen molar-refractivity contribution in [2.45, 2.75) is 25.9 Å². The predicted molar refractivity (Wildman–Crippen MR) is 99.3 cm³/mol. The van der Waals surface area contributed by atoms with E-state index in [9.17, 15) is 18.9 Å². The van der Waals surface area contributed by atoms with Gasteiger partial charge in [-0.3, -0.25) is 4.57 Å². The lowest BCUT2D eigenvalue weighted by atomic mass is 10.2. The van der Waals surface area contributed by atoms with Gasteiger partial charge in [-0.25, -0.2) is 0 Å². The van der Waals surface area contributed by atoms with E-state index in [1.165, 1.54) is 29.7 Å². The Morgan fingerprint density at radius 3 is 2.83 bits per heavy atom. The molecule has 1 aliphatic heterocycles. The molecule has 0 fully saturated rings. The Labute approximate surface area is 167 Å². The van der Waals surface area contributed by atoms with Gasteiger partial charge in [0.15, 0.2) is 0 Å². The van der Waals surface area contributed by atoms with Crippen LogP contribution in [0.4, 0.5) is 14.6 Å². The van der Waals surface area contributed by atoms with Crippen LogP contribution in [0.2, 0.25) is 0 Å². The highest BCUT2D eigenvalue weighted by molar-refractivity contribution is 7.15. The second kappa shape index (κ2) is 8.13. The Morgan fingerprint density at radius 1 is 1.31 bits per heavy atom. The average Bonchev–Trinajstić information content (AvgIpc) is 3.33. The van der Waals surface area contributed by atoms with Gasteiger partial charge in [-0.15, -0.1) is 11.3 Å². The normalized spacial score (nSPS) is 15.8. The zero-order chi connectivity index (χ0) is 20.4. The highest BCUT2D eigenvalue weighted by Crippen LogP contribution is 2.31. The summed E-state index contributed by atoms with van der Waals surface area (Å²) in [6.45, 7) is -1.81. The second-order valence-corrected chi connectivity index (χ2v) is 7.37. The third-order valence-corrected chi connectivity index (χ3v) is 5.31. The van der Waals surface area contributed by atoms with E-state index in [1.54, 1.807) is 16.7 Å². The zero-order valence-electron chi connectivity index (χ0n) is 14.9. The lowest BCUT2D eigenvalue weighted by Crippen LogP contribution is -2.32. The maximum Gasteiger partial charge on any atom is 0.414 e. The van der Waals surface area contributed by atoms with Gasteiger partial charge in [-0.05, 0) is 46.9 Å². The number of rotatable bonds is 7. The number of aromatic nitrogens is 2. The summed E-state index contributed by atoms with van der Waals surface area (Å²) in [6.07, 6.45) is 1.07. The zero-order valence-corrected chi connectivity index (χ0v) is 15.7. The molecule has 29 heavy (non-hydrogen) atoms. The number of nitrogens with zero attached hydrogens (tertiary/aromatic N) is 3. The van der Waals surface area contributed by atoms with Crippen molar-refractivity contribution < 1.29 is 27.9 Å². The van der Waals surface area contributed by atoms with Crippen LogP contribution in [0.25, 0.3) is 10.4 Å². The first-order chi connectivity index (χ1) is 14.0. The van der Waals surface area contributed by atoms with E-state index in [0.29, 0.717) is 13.2 Å². The molecule has 0 saturated carbocycles. The number of thiophene rings is 1. The Hall–Kier alpha value is -3.05. The van der Waals surface area contributed by atoms with Gasteiger partial charge >= 0.3 is 18.4 Å². The van der Waals surface area contributed by atoms with Crippen molar-refractivity contribution in [2.24, 2.45) is 0 Å². The smallest absolute Gasteiger partial charge is 0.414 e. The molecule has 1 atom stereocenters. The Bertz CT molecular complexity index is 1010. The fraction of sp³-hybridized carbons (Fsp3) is 0.278. The van der Waals surface area contributed by atoms with Crippen molar-refractivity contribution in [2.75, 3.05) is 6.61 Å². The molecule has 0 radical (unpaired) electrons. The monoisotopic (exact) mass is 423 g/mol. The van der Waals surface area contributed by atoms with Gasteiger partial charge in [-0.2, -0.15) is 8.78 Å². The maximum absolute atomic E-state index is 12.2.